The molecule has 0 aromatic heterocycles. The monoisotopic (exact) mass is 203 g/mol. The lowest BCUT2D eigenvalue weighted by Gasteiger charge is -2.29. The molecule has 1 fully saturated rings. The predicted molar refractivity (Wildman–Crippen MR) is 54.1 cm³/mol. The van der Waals surface area contributed by atoms with Crippen LogP contribution in [0, 0.1) is 0 Å². The number of aliphatic hydroxyl groups excluding tert-OH is 2. The molecule has 0 saturated heterocycles. The van der Waals surface area contributed by atoms with Gasteiger partial charge in [-0.1, -0.05) is 0 Å². The van der Waals surface area contributed by atoms with Crippen molar-refractivity contribution >= 4 is 0 Å². The maximum Gasteiger partial charge on any atom is 0.0638 e. The first-order valence-electron chi connectivity index (χ1n) is 5.30. The maximum atomic E-state index is 9.32. The van der Waals surface area contributed by atoms with Crippen LogP contribution in [0.15, 0.2) is 0 Å². The van der Waals surface area contributed by atoms with E-state index in [0.29, 0.717) is 12.6 Å². The topological polar surface area (TPSA) is 61.7 Å². The van der Waals surface area contributed by atoms with Gasteiger partial charge in [-0.3, -0.25) is 0 Å². The molecule has 1 rings (SSSR count). The second-order valence-corrected chi connectivity index (χ2v) is 4.01. The average molecular weight is 203 g/mol. The molecule has 1 aliphatic carbocycles. The van der Waals surface area contributed by atoms with Gasteiger partial charge in [0.05, 0.1) is 25.4 Å². The van der Waals surface area contributed by atoms with Crippen LogP contribution in [0.5, 0.6) is 0 Å². The van der Waals surface area contributed by atoms with E-state index in [1.165, 1.54) is 0 Å². The fourth-order valence-electron chi connectivity index (χ4n) is 1.93. The van der Waals surface area contributed by atoms with Crippen LogP contribution < -0.4 is 5.32 Å². The summed E-state index contributed by atoms with van der Waals surface area (Å²) in [5.74, 6) is 0. The van der Waals surface area contributed by atoms with E-state index in [2.05, 4.69) is 5.32 Å². The largest absolute Gasteiger partial charge is 0.395 e. The van der Waals surface area contributed by atoms with Gasteiger partial charge in [-0.25, -0.2) is 0 Å². The Bertz CT molecular complexity index is 146. The lowest BCUT2D eigenvalue weighted by atomic mass is 9.93. The Balaban J connectivity index is 2.21. The summed E-state index contributed by atoms with van der Waals surface area (Å²) in [6.07, 6.45) is 3.58. The molecule has 0 aliphatic heterocycles. The van der Waals surface area contributed by atoms with Gasteiger partial charge in [-0.15, -0.1) is 0 Å². The third-order valence-corrected chi connectivity index (χ3v) is 2.76. The summed E-state index contributed by atoms with van der Waals surface area (Å²) in [4.78, 5) is 0. The molecule has 0 amide bonds. The second kappa shape index (κ2) is 6.35. The Morgan fingerprint density at radius 3 is 2.50 bits per heavy atom. The maximum absolute atomic E-state index is 9.32. The lowest BCUT2D eigenvalue weighted by Crippen LogP contribution is -2.45. The van der Waals surface area contributed by atoms with E-state index >= 15 is 0 Å². The quantitative estimate of drug-likeness (QED) is 0.583. The number of hydrogen-bond acceptors (Lipinski definition) is 4. The molecular weight excluding hydrogens is 182 g/mol. The van der Waals surface area contributed by atoms with Crippen molar-refractivity contribution in [1.29, 1.82) is 0 Å². The molecule has 0 heterocycles. The highest BCUT2D eigenvalue weighted by atomic mass is 16.5. The molecule has 0 spiro atoms. The SMILES string of the molecule is COCC(CO)NC1CCC(O)CC1. The number of hydrogen-bond donors (Lipinski definition) is 3. The molecular formula is C10H21NO3. The molecule has 0 radical (unpaired) electrons. The van der Waals surface area contributed by atoms with Crippen LogP contribution in [0.4, 0.5) is 0 Å². The Labute approximate surface area is 85.3 Å². The van der Waals surface area contributed by atoms with Crippen LogP contribution in [0.3, 0.4) is 0 Å². The highest BCUT2D eigenvalue weighted by molar-refractivity contribution is 4.79. The van der Waals surface area contributed by atoms with E-state index < -0.39 is 0 Å². The van der Waals surface area contributed by atoms with Gasteiger partial charge in [0.1, 0.15) is 0 Å². The van der Waals surface area contributed by atoms with E-state index in [-0.39, 0.29) is 18.8 Å². The van der Waals surface area contributed by atoms with Crippen molar-refractivity contribution in [2.45, 2.75) is 43.9 Å². The minimum absolute atomic E-state index is 0.0280. The minimum atomic E-state index is -0.122. The van der Waals surface area contributed by atoms with Crippen molar-refractivity contribution in [3.05, 3.63) is 0 Å². The van der Waals surface area contributed by atoms with E-state index in [4.69, 9.17) is 9.84 Å². The normalized spacial score (nSPS) is 30.2. The third-order valence-electron chi connectivity index (χ3n) is 2.76. The second-order valence-electron chi connectivity index (χ2n) is 4.01. The Hall–Kier alpha value is -0.160. The van der Waals surface area contributed by atoms with Crippen molar-refractivity contribution in [3.63, 3.8) is 0 Å². The van der Waals surface area contributed by atoms with Gasteiger partial charge in [0.25, 0.3) is 0 Å². The van der Waals surface area contributed by atoms with Gasteiger partial charge in [-0.2, -0.15) is 0 Å². The van der Waals surface area contributed by atoms with Gasteiger partial charge in [0, 0.05) is 13.2 Å². The molecule has 4 heteroatoms. The van der Waals surface area contributed by atoms with Crippen molar-refractivity contribution < 1.29 is 14.9 Å². The summed E-state index contributed by atoms with van der Waals surface area (Å²) in [5.41, 5.74) is 0. The van der Waals surface area contributed by atoms with E-state index in [0.717, 1.165) is 25.7 Å². The molecule has 0 aromatic carbocycles. The first-order chi connectivity index (χ1) is 6.76. The van der Waals surface area contributed by atoms with Gasteiger partial charge in [0.2, 0.25) is 0 Å². The number of methoxy groups -OCH3 is 1. The molecule has 14 heavy (non-hydrogen) atoms. The molecule has 1 unspecified atom stereocenters. The summed E-state index contributed by atoms with van der Waals surface area (Å²) in [6.45, 7) is 0.641. The Morgan fingerprint density at radius 1 is 1.36 bits per heavy atom. The minimum Gasteiger partial charge on any atom is -0.395 e. The highest BCUT2D eigenvalue weighted by Crippen LogP contribution is 2.18. The molecule has 1 aliphatic rings. The van der Waals surface area contributed by atoms with Gasteiger partial charge >= 0.3 is 0 Å². The third kappa shape index (κ3) is 3.92. The van der Waals surface area contributed by atoms with Gasteiger partial charge in [-0.05, 0) is 25.7 Å². The molecule has 1 atom stereocenters. The molecule has 4 nitrogen and oxygen atoms in total. The van der Waals surface area contributed by atoms with Gasteiger partial charge in [0.15, 0.2) is 0 Å². The molecule has 0 bridgehead atoms. The average Bonchev–Trinajstić information content (AvgIpc) is 2.20. The van der Waals surface area contributed by atoms with Crippen LogP contribution in [-0.2, 0) is 4.74 Å². The first-order valence-corrected chi connectivity index (χ1v) is 5.30. The van der Waals surface area contributed by atoms with E-state index in [9.17, 15) is 5.11 Å². The van der Waals surface area contributed by atoms with Crippen molar-refractivity contribution in [2.75, 3.05) is 20.3 Å². The summed E-state index contributed by atoms with van der Waals surface area (Å²) < 4.78 is 4.99. The number of nitrogens with one attached hydrogen (secondary N) is 1. The number of aliphatic hydroxyl groups is 2. The van der Waals surface area contributed by atoms with Crippen molar-refractivity contribution in [2.24, 2.45) is 0 Å². The van der Waals surface area contributed by atoms with Crippen LogP contribution in [0.2, 0.25) is 0 Å². The van der Waals surface area contributed by atoms with Crippen molar-refractivity contribution in [3.8, 4) is 0 Å². The Kier molecular flexibility index (Phi) is 5.40. The fourth-order valence-corrected chi connectivity index (χ4v) is 1.93. The summed E-state index contributed by atoms with van der Waals surface area (Å²) in [5, 5.41) is 21.7. The fraction of sp³-hybridized carbons (Fsp3) is 1.00. The summed E-state index contributed by atoms with van der Waals surface area (Å²) in [6, 6.07) is 0.450. The van der Waals surface area contributed by atoms with E-state index in [1.54, 1.807) is 7.11 Å². The molecule has 3 N–H and O–H groups in total. The standard InChI is InChI=1S/C10H21NO3/c1-14-7-9(6-12)11-8-2-4-10(13)5-3-8/h8-13H,2-7H2,1H3. The molecule has 84 valence electrons. The van der Waals surface area contributed by atoms with Crippen molar-refractivity contribution in [1.82, 2.24) is 5.32 Å². The summed E-state index contributed by atoms with van der Waals surface area (Å²) in [7, 11) is 1.63. The zero-order valence-electron chi connectivity index (χ0n) is 8.78. The highest BCUT2D eigenvalue weighted by Gasteiger charge is 2.21. The van der Waals surface area contributed by atoms with Crippen LogP contribution in [0.1, 0.15) is 25.7 Å². The zero-order chi connectivity index (χ0) is 10.4. The first kappa shape index (κ1) is 11.9. The van der Waals surface area contributed by atoms with E-state index in [1.807, 2.05) is 0 Å². The molecule has 0 aromatic rings. The van der Waals surface area contributed by atoms with Crippen LogP contribution in [0.25, 0.3) is 0 Å². The van der Waals surface area contributed by atoms with Crippen LogP contribution >= 0.6 is 0 Å². The Morgan fingerprint density at radius 2 is 2.00 bits per heavy atom. The van der Waals surface area contributed by atoms with Crippen LogP contribution in [-0.4, -0.2) is 48.7 Å². The zero-order valence-corrected chi connectivity index (χ0v) is 8.78. The summed E-state index contributed by atoms with van der Waals surface area (Å²) >= 11 is 0. The predicted octanol–water partition coefficient (Wildman–Crippen LogP) is -0.113. The smallest absolute Gasteiger partial charge is 0.0638 e. The molecule has 1 saturated carbocycles. The number of rotatable bonds is 5. The lowest BCUT2D eigenvalue weighted by molar-refractivity contribution is 0.0918. The van der Waals surface area contributed by atoms with Gasteiger partial charge < -0.3 is 20.3 Å². The number of ether oxygens (including phenoxy) is 1.